The molecule has 2 aliphatic rings. The van der Waals surface area contributed by atoms with Crippen LogP contribution in [0.1, 0.15) is 30.4 Å². The van der Waals surface area contributed by atoms with E-state index in [-0.39, 0.29) is 6.04 Å². The van der Waals surface area contributed by atoms with Gasteiger partial charge in [0.15, 0.2) is 0 Å². The maximum absolute atomic E-state index is 13.2. The summed E-state index contributed by atoms with van der Waals surface area (Å²) in [4.78, 5) is 2.45. The second kappa shape index (κ2) is 9.05. The lowest BCUT2D eigenvalue weighted by molar-refractivity contribution is 0.0575. The molecule has 0 unspecified atom stereocenters. The van der Waals surface area contributed by atoms with E-state index in [4.69, 9.17) is 4.74 Å². The van der Waals surface area contributed by atoms with Gasteiger partial charge in [-0.15, -0.1) is 11.3 Å². The molecule has 4 rings (SSSR count). The molecule has 0 atom stereocenters. The topological polar surface area (TPSA) is 49.9 Å². The Kier molecular flexibility index (Phi) is 6.48. The van der Waals surface area contributed by atoms with Crippen LogP contribution in [0.4, 0.5) is 0 Å². The van der Waals surface area contributed by atoms with E-state index in [1.807, 2.05) is 11.4 Å². The fourth-order valence-electron chi connectivity index (χ4n) is 4.19. The normalized spacial score (nSPS) is 19.0. The number of hydrogen-bond donors (Lipinski definition) is 0. The lowest BCUT2D eigenvalue weighted by atomic mass is 10.00. The van der Waals surface area contributed by atoms with Gasteiger partial charge in [0, 0.05) is 38.9 Å². The van der Waals surface area contributed by atoms with Crippen molar-refractivity contribution in [1.82, 2.24) is 9.21 Å². The summed E-state index contributed by atoms with van der Waals surface area (Å²) in [5.74, 6) is 0. The van der Waals surface area contributed by atoms with Gasteiger partial charge in [-0.05, 0) is 54.8 Å². The van der Waals surface area contributed by atoms with E-state index in [9.17, 15) is 8.42 Å². The molecule has 3 heterocycles. The van der Waals surface area contributed by atoms with Gasteiger partial charge in [0.1, 0.15) is 4.21 Å². The second-order valence-corrected chi connectivity index (χ2v) is 10.6. The molecule has 1 aromatic carbocycles. The maximum atomic E-state index is 13.2. The highest BCUT2D eigenvalue weighted by atomic mass is 32.2. The Morgan fingerprint density at radius 2 is 1.89 bits per heavy atom. The summed E-state index contributed by atoms with van der Waals surface area (Å²) in [6, 6.07) is 12.2. The minimum atomic E-state index is -3.43. The number of ether oxygens (including phenoxy) is 1. The first kappa shape index (κ1) is 20.0. The molecule has 1 aromatic heterocycles. The maximum Gasteiger partial charge on any atom is 0.252 e. The van der Waals surface area contributed by atoms with Crippen LogP contribution in [0.5, 0.6) is 0 Å². The molecule has 1 saturated heterocycles. The molecule has 0 amide bonds. The smallest absolute Gasteiger partial charge is 0.252 e. The van der Waals surface area contributed by atoms with Crippen molar-refractivity contribution in [1.29, 1.82) is 0 Å². The first-order valence-electron chi connectivity index (χ1n) is 10.1. The third kappa shape index (κ3) is 4.49. The lowest BCUT2D eigenvalue weighted by Gasteiger charge is -2.34. The number of hydrogen-bond acceptors (Lipinski definition) is 5. The van der Waals surface area contributed by atoms with Gasteiger partial charge in [-0.1, -0.05) is 30.3 Å². The van der Waals surface area contributed by atoms with Gasteiger partial charge in [-0.25, -0.2) is 8.42 Å². The fourth-order valence-corrected chi connectivity index (χ4v) is 7.04. The third-order valence-corrected chi connectivity index (χ3v) is 9.04. The molecule has 1 fully saturated rings. The van der Waals surface area contributed by atoms with Crippen LogP contribution in [0.15, 0.2) is 46.0 Å². The van der Waals surface area contributed by atoms with Gasteiger partial charge in [0.25, 0.3) is 10.0 Å². The number of benzene rings is 1. The Labute approximate surface area is 172 Å². The summed E-state index contributed by atoms with van der Waals surface area (Å²) in [5.41, 5.74) is 2.85. The molecule has 0 spiro atoms. The lowest BCUT2D eigenvalue weighted by Crippen LogP contribution is -2.44. The Bertz CT molecular complexity index is 862. The zero-order chi connectivity index (χ0) is 19.4. The predicted octanol–water partition coefficient (Wildman–Crippen LogP) is 3.37. The van der Waals surface area contributed by atoms with Crippen molar-refractivity contribution < 1.29 is 13.2 Å². The summed E-state index contributed by atoms with van der Waals surface area (Å²) in [5, 5.41) is 1.83. The first-order chi connectivity index (χ1) is 13.6. The average molecular weight is 421 g/mol. The predicted molar refractivity (Wildman–Crippen MR) is 112 cm³/mol. The molecule has 0 N–H and O–H groups in total. The average Bonchev–Trinajstić information content (AvgIpc) is 3.27. The van der Waals surface area contributed by atoms with Gasteiger partial charge in [-0.2, -0.15) is 4.31 Å². The largest absolute Gasteiger partial charge is 0.381 e. The third-order valence-electron chi connectivity index (χ3n) is 5.72. The zero-order valence-electron chi connectivity index (χ0n) is 16.1. The molecule has 152 valence electrons. The van der Waals surface area contributed by atoms with Crippen molar-refractivity contribution in [2.75, 3.05) is 32.8 Å². The van der Waals surface area contributed by atoms with Crippen molar-refractivity contribution >= 4 is 21.4 Å². The van der Waals surface area contributed by atoms with E-state index in [1.165, 1.54) is 22.5 Å². The van der Waals surface area contributed by atoms with Gasteiger partial charge >= 0.3 is 0 Å². The molecular weight excluding hydrogens is 392 g/mol. The van der Waals surface area contributed by atoms with Crippen LogP contribution in [0, 0.1) is 0 Å². The van der Waals surface area contributed by atoms with E-state index in [0.29, 0.717) is 24.0 Å². The molecule has 28 heavy (non-hydrogen) atoms. The van der Waals surface area contributed by atoms with E-state index >= 15 is 0 Å². The quantitative estimate of drug-likeness (QED) is 0.689. The summed E-state index contributed by atoms with van der Waals surface area (Å²) in [6.07, 6.45) is 3.49. The Morgan fingerprint density at radius 3 is 2.64 bits per heavy atom. The summed E-state index contributed by atoms with van der Waals surface area (Å²) >= 11 is 1.30. The van der Waals surface area contributed by atoms with Crippen LogP contribution >= 0.6 is 11.3 Å². The Morgan fingerprint density at radius 1 is 1.11 bits per heavy atom. The molecule has 0 saturated carbocycles. The molecule has 0 radical (unpaired) electrons. The highest BCUT2D eigenvalue weighted by Gasteiger charge is 2.33. The van der Waals surface area contributed by atoms with Gasteiger partial charge in [0.05, 0.1) is 0 Å². The summed E-state index contributed by atoms with van der Waals surface area (Å²) < 4.78 is 34.1. The minimum Gasteiger partial charge on any atom is -0.381 e. The summed E-state index contributed by atoms with van der Waals surface area (Å²) in [7, 11) is -3.43. The highest BCUT2D eigenvalue weighted by molar-refractivity contribution is 7.91. The monoisotopic (exact) mass is 420 g/mol. The number of sulfonamides is 1. The van der Waals surface area contributed by atoms with Crippen molar-refractivity contribution in [2.45, 2.75) is 42.5 Å². The van der Waals surface area contributed by atoms with Gasteiger partial charge in [-0.3, -0.25) is 4.90 Å². The van der Waals surface area contributed by atoms with Crippen LogP contribution in [0.25, 0.3) is 0 Å². The SMILES string of the molecule is O=S(=O)(c1cccs1)N(CCCN1CCc2ccccc2C1)C1CCOCC1. The Hall–Kier alpha value is -1.25. The summed E-state index contributed by atoms with van der Waals surface area (Å²) in [6.45, 7) is 4.79. The number of rotatable bonds is 7. The van der Waals surface area contributed by atoms with E-state index in [0.717, 1.165) is 45.3 Å². The van der Waals surface area contributed by atoms with E-state index in [2.05, 4.69) is 29.2 Å². The van der Waals surface area contributed by atoms with Crippen LogP contribution in [0.3, 0.4) is 0 Å². The molecule has 2 aromatic rings. The minimum absolute atomic E-state index is 0.0444. The number of fused-ring (bicyclic) bond motifs is 1. The van der Waals surface area contributed by atoms with Crippen molar-refractivity contribution in [2.24, 2.45) is 0 Å². The Balaban J connectivity index is 1.40. The van der Waals surface area contributed by atoms with Gasteiger partial charge in [0.2, 0.25) is 0 Å². The fraction of sp³-hybridized carbons (Fsp3) is 0.524. The van der Waals surface area contributed by atoms with Crippen LogP contribution in [-0.4, -0.2) is 56.5 Å². The molecule has 5 nitrogen and oxygen atoms in total. The number of thiophene rings is 1. The zero-order valence-corrected chi connectivity index (χ0v) is 17.8. The van der Waals surface area contributed by atoms with Crippen LogP contribution < -0.4 is 0 Å². The highest BCUT2D eigenvalue weighted by Crippen LogP contribution is 2.27. The molecule has 7 heteroatoms. The second-order valence-electron chi connectivity index (χ2n) is 7.54. The van der Waals surface area contributed by atoms with Crippen molar-refractivity contribution in [3.63, 3.8) is 0 Å². The molecule has 2 aliphatic heterocycles. The van der Waals surface area contributed by atoms with Crippen LogP contribution in [0.2, 0.25) is 0 Å². The van der Waals surface area contributed by atoms with Crippen molar-refractivity contribution in [3.8, 4) is 0 Å². The van der Waals surface area contributed by atoms with Crippen LogP contribution in [-0.2, 0) is 27.7 Å². The molecule has 0 bridgehead atoms. The standard InChI is InChI=1S/C21H28N2O3S2/c24-28(25,21-7-3-16-27-21)23(20-9-14-26-15-10-20)12-4-11-22-13-8-18-5-1-2-6-19(18)17-22/h1-3,5-7,16,20H,4,8-15,17H2. The molecular formula is C21H28N2O3S2. The molecule has 0 aliphatic carbocycles. The number of nitrogens with zero attached hydrogens (tertiary/aromatic N) is 2. The van der Waals surface area contributed by atoms with Gasteiger partial charge < -0.3 is 4.74 Å². The first-order valence-corrected chi connectivity index (χ1v) is 12.4. The van der Waals surface area contributed by atoms with E-state index in [1.54, 1.807) is 10.4 Å². The van der Waals surface area contributed by atoms with E-state index < -0.39 is 10.0 Å². The van der Waals surface area contributed by atoms with Crippen molar-refractivity contribution in [3.05, 3.63) is 52.9 Å².